The molecule has 1 aliphatic rings. The van der Waals surface area contributed by atoms with Crippen molar-refractivity contribution >= 4 is 33.7 Å². The van der Waals surface area contributed by atoms with Crippen LogP contribution in [-0.2, 0) is 17.8 Å². The first kappa shape index (κ1) is 24.3. The van der Waals surface area contributed by atoms with E-state index in [2.05, 4.69) is 75.4 Å². The number of nitrogens with two attached hydrogens (primary N) is 1. The van der Waals surface area contributed by atoms with Gasteiger partial charge < -0.3 is 30.4 Å². The largest absolute Gasteiger partial charge is 0.496 e. The summed E-state index contributed by atoms with van der Waals surface area (Å²) in [7, 11) is 1.72. The van der Waals surface area contributed by atoms with E-state index in [1.54, 1.807) is 7.11 Å². The van der Waals surface area contributed by atoms with E-state index in [9.17, 15) is 0 Å². The van der Waals surface area contributed by atoms with Gasteiger partial charge in [0.1, 0.15) is 16.8 Å². The minimum Gasteiger partial charge on any atom is -0.496 e. The standard InChI is InChI=1S/C28H36N6O2/c1-4-5-13-30-27-26-25(32-28(29)33-27)21-8-6-7-9-23(21)34(26)17-20-15-19(10-11-24(20)35-3)16-31-22-12-14-36-18(22)2/h6-11,15,18,22,31H,4-5,12-14,16-17H2,1-3H3,(H3,29,30,32,33). The van der Waals surface area contributed by atoms with Gasteiger partial charge in [0, 0.05) is 36.7 Å². The van der Waals surface area contributed by atoms with Crippen molar-refractivity contribution < 1.29 is 9.47 Å². The molecule has 8 nitrogen and oxygen atoms in total. The van der Waals surface area contributed by atoms with Crippen LogP contribution in [0.5, 0.6) is 5.75 Å². The first-order valence-electron chi connectivity index (χ1n) is 12.9. The molecule has 1 saturated heterocycles. The van der Waals surface area contributed by atoms with Gasteiger partial charge in [-0.2, -0.15) is 4.98 Å². The van der Waals surface area contributed by atoms with E-state index < -0.39 is 0 Å². The van der Waals surface area contributed by atoms with Crippen LogP contribution < -0.4 is 21.1 Å². The highest BCUT2D eigenvalue weighted by molar-refractivity contribution is 6.09. The molecule has 190 valence electrons. The van der Waals surface area contributed by atoms with Gasteiger partial charge in [0.15, 0.2) is 5.82 Å². The predicted octanol–water partition coefficient (Wildman–Crippen LogP) is 4.70. The summed E-state index contributed by atoms with van der Waals surface area (Å²) >= 11 is 0. The van der Waals surface area contributed by atoms with Crippen LogP contribution in [0.1, 0.15) is 44.2 Å². The van der Waals surface area contributed by atoms with Crippen molar-refractivity contribution in [2.24, 2.45) is 0 Å². The van der Waals surface area contributed by atoms with Crippen molar-refractivity contribution in [3.8, 4) is 5.75 Å². The number of nitrogens with one attached hydrogen (secondary N) is 2. The second kappa shape index (κ2) is 10.7. The van der Waals surface area contributed by atoms with Crippen LogP contribution in [0.3, 0.4) is 0 Å². The minimum atomic E-state index is 0.242. The molecule has 1 aliphatic heterocycles. The summed E-state index contributed by atoms with van der Waals surface area (Å²) in [5.74, 6) is 1.91. The lowest BCUT2D eigenvalue weighted by Gasteiger charge is -2.18. The van der Waals surface area contributed by atoms with E-state index in [4.69, 9.17) is 15.2 Å². The Bertz CT molecular complexity index is 1350. The van der Waals surface area contributed by atoms with E-state index >= 15 is 0 Å². The number of ether oxygens (including phenoxy) is 2. The fourth-order valence-corrected chi connectivity index (χ4v) is 5.10. The Morgan fingerprint density at radius 3 is 2.83 bits per heavy atom. The van der Waals surface area contributed by atoms with Gasteiger partial charge in [0.05, 0.1) is 25.3 Å². The maximum atomic E-state index is 6.13. The summed E-state index contributed by atoms with van der Waals surface area (Å²) in [6.45, 7) is 7.37. The number of fused-ring (bicyclic) bond motifs is 3. The Morgan fingerprint density at radius 2 is 2.06 bits per heavy atom. The second-order valence-corrected chi connectivity index (χ2v) is 9.51. The number of rotatable bonds is 10. The first-order valence-corrected chi connectivity index (χ1v) is 12.9. The van der Waals surface area contributed by atoms with Crippen molar-refractivity contribution in [1.29, 1.82) is 0 Å². The van der Waals surface area contributed by atoms with E-state index in [1.165, 1.54) is 5.56 Å². The molecule has 2 unspecified atom stereocenters. The molecule has 0 aliphatic carbocycles. The summed E-state index contributed by atoms with van der Waals surface area (Å²) in [6, 6.07) is 15.1. The molecule has 0 bridgehead atoms. The monoisotopic (exact) mass is 488 g/mol. The fourth-order valence-electron chi connectivity index (χ4n) is 5.10. The number of methoxy groups -OCH3 is 1. The maximum absolute atomic E-state index is 6.13. The Morgan fingerprint density at radius 1 is 1.19 bits per heavy atom. The highest BCUT2D eigenvalue weighted by Crippen LogP contribution is 2.34. The lowest BCUT2D eigenvalue weighted by Crippen LogP contribution is -2.34. The number of unbranched alkanes of at least 4 members (excludes halogenated alkanes) is 1. The van der Waals surface area contributed by atoms with Crippen LogP contribution in [0.4, 0.5) is 11.8 Å². The van der Waals surface area contributed by atoms with Gasteiger partial charge in [-0.3, -0.25) is 0 Å². The summed E-state index contributed by atoms with van der Waals surface area (Å²) in [4.78, 5) is 9.24. The van der Waals surface area contributed by atoms with Gasteiger partial charge in [0.25, 0.3) is 0 Å². The van der Waals surface area contributed by atoms with Crippen LogP contribution in [0.25, 0.3) is 21.9 Å². The van der Waals surface area contributed by atoms with E-state index in [0.29, 0.717) is 12.6 Å². The molecule has 0 spiro atoms. The van der Waals surface area contributed by atoms with E-state index in [1.807, 2.05) is 6.07 Å². The Balaban J connectivity index is 1.55. The topological polar surface area (TPSA) is 99.2 Å². The number of aromatic nitrogens is 3. The Hall–Kier alpha value is -3.36. The predicted molar refractivity (Wildman–Crippen MR) is 146 cm³/mol. The van der Waals surface area contributed by atoms with Crippen molar-refractivity contribution in [3.05, 3.63) is 53.6 Å². The normalized spacial score (nSPS) is 17.8. The molecule has 3 heterocycles. The highest BCUT2D eigenvalue weighted by atomic mass is 16.5. The second-order valence-electron chi connectivity index (χ2n) is 9.51. The third kappa shape index (κ3) is 4.83. The third-order valence-electron chi connectivity index (χ3n) is 7.06. The number of hydrogen-bond donors (Lipinski definition) is 3. The molecule has 0 radical (unpaired) electrons. The lowest BCUT2D eigenvalue weighted by atomic mass is 10.1. The van der Waals surface area contributed by atoms with E-state index in [0.717, 1.165) is 78.0 Å². The molecule has 36 heavy (non-hydrogen) atoms. The number of para-hydroxylation sites is 1. The first-order chi connectivity index (χ1) is 17.6. The Kier molecular flexibility index (Phi) is 7.25. The fraction of sp³-hybridized carbons (Fsp3) is 0.429. The van der Waals surface area contributed by atoms with Crippen LogP contribution in [0.2, 0.25) is 0 Å². The average molecular weight is 489 g/mol. The van der Waals surface area contributed by atoms with Crippen LogP contribution in [-0.4, -0.2) is 46.9 Å². The van der Waals surface area contributed by atoms with Gasteiger partial charge in [-0.25, -0.2) is 4.98 Å². The Labute approximate surface area is 212 Å². The third-order valence-corrected chi connectivity index (χ3v) is 7.06. The van der Waals surface area contributed by atoms with Crippen molar-refractivity contribution in [2.75, 3.05) is 31.3 Å². The molecule has 2 aromatic carbocycles. The number of nitrogens with zero attached hydrogens (tertiary/aromatic N) is 3. The zero-order chi connectivity index (χ0) is 25.1. The van der Waals surface area contributed by atoms with Gasteiger partial charge in [-0.1, -0.05) is 37.6 Å². The number of anilines is 2. The molecule has 8 heteroatoms. The molecule has 4 N–H and O–H groups in total. The van der Waals surface area contributed by atoms with Gasteiger partial charge in [-0.15, -0.1) is 0 Å². The van der Waals surface area contributed by atoms with Gasteiger partial charge >= 0.3 is 0 Å². The average Bonchev–Trinajstić information content (AvgIpc) is 3.44. The lowest BCUT2D eigenvalue weighted by molar-refractivity contribution is 0.113. The summed E-state index contributed by atoms with van der Waals surface area (Å²) in [6.07, 6.45) is 3.44. The molecule has 0 amide bonds. The van der Waals surface area contributed by atoms with Crippen LogP contribution in [0, 0.1) is 0 Å². The summed E-state index contributed by atoms with van der Waals surface area (Å²) in [5, 5.41) is 8.23. The molecular formula is C28H36N6O2. The van der Waals surface area contributed by atoms with Gasteiger partial charge in [-0.05, 0) is 43.5 Å². The molecule has 0 saturated carbocycles. The highest BCUT2D eigenvalue weighted by Gasteiger charge is 2.23. The summed E-state index contributed by atoms with van der Waals surface area (Å²) < 4.78 is 13.8. The van der Waals surface area contributed by atoms with Crippen LogP contribution >= 0.6 is 0 Å². The molecule has 4 aromatic rings. The number of nitrogen functional groups attached to an aromatic ring is 1. The minimum absolute atomic E-state index is 0.242. The van der Waals surface area contributed by atoms with Crippen molar-refractivity contribution in [1.82, 2.24) is 19.9 Å². The molecular weight excluding hydrogens is 452 g/mol. The summed E-state index contributed by atoms with van der Waals surface area (Å²) in [5.41, 5.74) is 11.4. The molecule has 2 atom stereocenters. The van der Waals surface area contributed by atoms with E-state index in [-0.39, 0.29) is 12.1 Å². The van der Waals surface area contributed by atoms with Crippen LogP contribution in [0.15, 0.2) is 42.5 Å². The zero-order valence-electron chi connectivity index (χ0n) is 21.4. The number of hydrogen-bond acceptors (Lipinski definition) is 7. The van der Waals surface area contributed by atoms with Crippen molar-refractivity contribution in [2.45, 2.75) is 58.3 Å². The smallest absolute Gasteiger partial charge is 0.222 e. The molecule has 2 aromatic heterocycles. The van der Waals surface area contributed by atoms with Gasteiger partial charge in [0.2, 0.25) is 5.95 Å². The zero-order valence-corrected chi connectivity index (χ0v) is 21.4. The maximum Gasteiger partial charge on any atom is 0.222 e. The quantitative estimate of drug-likeness (QED) is 0.278. The molecule has 5 rings (SSSR count). The number of benzene rings is 2. The molecule has 1 fully saturated rings. The van der Waals surface area contributed by atoms with Crippen molar-refractivity contribution in [3.63, 3.8) is 0 Å². The SMILES string of the molecule is CCCCNc1nc(N)nc2c3ccccc3n(Cc3cc(CNC4CCOC4C)ccc3OC)c12.